The van der Waals surface area contributed by atoms with Gasteiger partial charge in [-0.15, -0.1) is 0 Å². The standard InChI is InChI=1S/C10H9NO/c1-7-6-8-4-2-3-5-9(12)10(8)11-7/h2-6,11H,1H3. The van der Waals surface area contributed by atoms with Crippen LogP contribution in [0, 0.1) is 6.92 Å². The molecule has 1 heterocycles. The molecule has 0 spiro atoms. The van der Waals surface area contributed by atoms with Crippen LogP contribution >= 0.6 is 0 Å². The number of nitrogens with one attached hydrogen (secondary N) is 1. The van der Waals surface area contributed by atoms with E-state index in [4.69, 9.17) is 0 Å². The molecule has 0 aliphatic heterocycles. The minimum Gasteiger partial charge on any atom is -0.355 e. The van der Waals surface area contributed by atoms with Gasteiger partial charge >= 0.3 is 0 Å². The predicted octanol–water partition coefficient (Wildman–Crippen LogP) is 1.84. The minimum absolute atomic E-state index is 0.0445. The lowest BCUT2D eigenvalue weighted by molar-refractivity contribution is 1.29. The van der Waals surface area contributed by atoms with E-state index in [0.29, 0.717) is 5.52 Å². The monoisotopic (exact) mass is 159 g/mol. The number of H-pyrrole nitrogens is 1. The molecule has 0 aliphatic rings. The molecule has 2 aromatic rings. The molecule has 0 atom stereocenters. The number of hydrogen-bond acceptors (Lipinski definition) is 1. The van der Waals surface area contributed by atoms with Crippen LogP contribution in [0.3, 0.4) is 0 Å². The molecule has 0 aliphatic carbocycles. The van der Waals surface area contributed by atoms with Crippen molar-refractivity contribution in [2.75, 3.05) is 0 Å². The smallest absolute Gasteiger partial charge is 0.202 e. The van der Waals surface area contributed by atoms with Gasteiger partial charge in [-0.3, -0.25) is 4.79 Å². The Bertz CT molecular complexity index is 470. The Morgan fingerprint density at radius 2 is 2.00 bits per heavy atom. The molecule has 1 aromatic carbocycles. The molecule has 0 saturated heterocycles. The lowest BCUT2D eigenvalue weighted by atomic mass is 10.3. The molecule has 0 saturated carbocycles. The average Bonchev–Trinajstić information content (AvgIpc) is 2.33. The number of fused-ring (bicyclic) bond motifs is 1. The van der Waals surface area contributed by atoms with Crippen molar-refractivity contribution in [1.29, 1.82) is 0 Å². The second kappa shape index (κ2) is 2.48. The Morgan fingerprint density at radius 3 is 2.83 bits per heavy atom. The van der Waals surface area contributed by atoms with E-state index in [1.54, 1.807) is 12.1 Å². The van der Waals surface area contributed by atoms with Gasteiger partial charge in [0.15, 0.2) is 0 Å². The fourth-order valence-electron chi connectivity index (χ4n) is 1.33. The molecule has 60 valence electrons. The Kier molecular flexibility index (Phi) is 1.47. The fourth-order valence-corrected chi connectivity index (χ4v) is 1.33. The van der Waals surface area contributed by atoms with Gasteiger partial charge in [-0.2, -0.15) is 0 Å². The van der Waals surface area contributed by atoms with Crippen LogP contribution < -0.4 is 5.43 Å². The summed E-state index contributed by atoms with van der Waals surface area (Å²) in [5.74, 6) is 0. The molecule has 1 N–H and O–H groups in total. The van der Waals surface area contributed by atoms with Crippen molar-refractivity contribution < 1.29 is 0 Å². The Labute approximate surface area is 69.9 Å². The van der Waals surface area contributed by atoms with E-state index in [0.717, 1.165) is 11.1 Å². The van der Waals surface area contributed by atoms with E-state index >= 15 is 0 Å². The highest BCUT2D eigenvalue weighted by Crippen LogP contribution is 2.08. The maximum atomic E-state index is 11.4. The third kappa shape index (κ3) is 1.01. The second-order valence-electron chi connectivity index (χ2n) is 2.87. The Morgan fingerprint density at radius 1 is 1.25 bits per heavy atom. The van der Waals surface area contributed by atoms with Gasteiger partial charge in [-0.25, -0.2) is 0 Å². The van der Waals surface area contributed by atoms with Gasteiger partial charge < -0.3 is 4.98 Å². The zero-order chi connectivity index (χ0) is 8.55. The number of aromatic nitrogens is 1. The zero-order valence-electron chi connectivity index (χ0n) is 6.79. The van der Waals surface area contributed by atoms with Gasteiger partial charge in [-0.05, 0) is 19.1 Å². The first-order valence-electron chi connectivity index (χ1n) is 3.86. The van der Waals surface area contributed by atoms with E-state index in [-0.39, 0.29) is 5.43 Å². The van der Waals surface area contributed by atoms with E-state index in [1.807, 2.05) is 25.1 Å². The molecule has 2 heteroatoms. The summed E-state index contributed by atoms with van der Waals surface area (Å²) < 4.78 is 0. The Hall–Kier alpha value is -1.57. The topological polar surface area (TPSA) is 32.9 Å². The SMILES string of the molecule is Cc1cc2ccccc(=O)c2[nH]1. The number of hydrogen-bond donors (Lipinski definition) is 1. The number of aromatic amines is 1. The van der Waals surface area contributed by atoms with Crippen molar-refractivity contribution in [3.8, 4) is 0 Å². The van der Waals surface area contributed by atoms with Crippen molar-refractivity contribution in [1.82, 2.24) is 4.98 Å². The van der Waals surface area contributed by atoms with E-state index in [9.17, 15) is 4.79 Å². The third-order valence-electron chi connectivity index (χ3n) is 1.86. The van der Waals surface area contributed by atoms with Crippen LogP contribution in [0.2, 0.25) is 0 Å². The van der Waals surface area contributed by atoms with Crippen molar-refractivity contribution in [3.63, 3.8) is 0 Å². The summed E-state index contributed by atoms with van der Waals surface area (Å²) in [5.41, 5.74) is 1.76. The molecular weight excluding hydrogens is 150 g/mol. The summed E-state index contributed by atoms with van der Waals surface area (Å²) in [6, 6.07) is 9.10. The fraction of sp³-hybridized carbons (Fsp3) is 0.100. The largest absolute Gasteiger partial charge is 0.355 e. The minimum atomic E-state index is 0.0445. The molecule has 2 rings (SSSR count). The first-order chi connectivity index (χ1) is 5.77. The van der Waals surface area contributed by atoms with E-state index < -0.39 is 0 Å². The summed E-state index contributed by atoms with van der Waals surface area (Å²) >= 11 is 0. The summed E-state index contributed by atoms with van der Waals surface area (Å²) in [6.45, 7) is 1.94. The van der Waals surface area contributed by atoms with Gasteiger partial charge in [0.05, 0.1) is 5.52 Å². The first kappa shape index (κ1) is 7.10. The Balaban J connectivity index is 3.03. The van der Waals surface area contributed by atoms with Crippen LogP contribution in [0.25, 0.3) is 10.9 Å². The lowest BCUT2D eigenvalue weighted by Gasteiger charge is -1.76. The maximum absolute atomic E-state index is 11.4. The van der Waals surface area contributed by atoms with E-state index in [1.165, 1.54) is 0 Å². The molecule has 0 radical (unpaired) electrons. The van der Waals surface area contributed by atoms with Gasteiger partial charge in [0.1, 0.15) is 0 Å². The van der Waals surface area contributed by atoms with Gasteiger partial charge in [0.2, 0.25) is 5.43 Å². The van der Waals surface area contributed by atoms with Crippen LogP contribution in [0.15, 0.2) is 35.1 Å². The summed E-state index contributed by atoms with van der Waals surface area (Å²) in [4.78, 5) is 14.4. The van der Waals surface area contributed by atoms with Crippen LogP contribution in [-0.2, 0) is 0 Å². The number of rotatable bonds is 0. The van der Waals surface area contributed by atoms with Gasteiger partial charge in [-0.1, -0.05) is 18.2 Å². The highest BCUT2D eigenvalue weighted by atomic mass is 16.1. The van der Waals surface area contributed by atoms with Crippen molar-refractivity contribution in [2.24, 2.45) is 0 Å². The zero-order valence-corrected chi connectivity index (χ0v) is 6.79. The molecule has 0 unspecified atom stereocenters. The summed E-state index contributed by atoms with van der Waals surface area (Å²) in [6.07, 6.45) is 0. The average molecular weight is 159 g/mol. The molecule has 0 fully saturated rings. The molecule has 2 nitrogen and oxygen atoms in total. The maximum Gasteiger partial charge on any atom is 0.202 e. The normalized spacial score (nSPS) is 10.4. The second-order valence-corrected chi connectivity index (χ2v) is 2.87. The van der Waals surface area contributed by atoms with Crippen LogP contribution in [0.5, 0.6) is 0 Å². The van der Waals surface area contributed by atoms with Crippen LogP contribution in [0.4, 0.5) is 0 Å². The molecule has 0 bridgehead atoms. The number of aryl methyl sites for hydroxylation is 1. The van der Waals surface area contributed by atoms with Gasteiger partial charge in [0.25, 0.3) is 0 Å². The highest BCUT2D eigenvalue weighted by Gasteiger charge is 1.97. The van der Waals surface area contributed by atoms with Crippen LogP contribution in [0.1, 0.15) is 5.69 Å². The van der Waals surface area contributed by atoms with Crippen molar-refractivity contribution in [2.45, 2.75) is 6.92 Å². The summed E-state index contributed by atoms with van der Waals surface area (Å²) in [7, 11) is 0. The quantitative estimate of drug-likeness (QED) is 0.625. The third-order valence-corrected chi connectivity index (χ3v) is 1.86. The van der Waals surface area contributed by atoms with Crippen molar-refractivity contribution >= 4 is 10.9 Å². The first-order valence-corrected chi connectivity index (χ1v) is 3.86. The van der Waals surface area contributed by atoms with Crippen molar-refractivity contribution in [3.05, 3.63) is 46.2 Å². The summed E-state index contributed by atoms with van der Waals surface area (Å²) in [5, 5.41) is 0.975. The lowest BCUT2D eigenvalue weighted by Crippen LogP contribution is -1.94. The molecule has 1 aromatic heterocycles. The van der Waals surface area contributed by atoms with Crippen LogP contribution in [-0.4, -0.2) is 4.98 Å². The molecular formula is C10H9NO. The molecule has 0 amide bonds. The molecule has 12 heavy (non-hydrogen) atoms. The highest BCUT2D eigenvalue weighted by molar-refractivity contribution is 5.79. The van der Waals surface area contributed by atoms with Gasteiger partial charge in [0, 0.05) is 11.1 Å². The predicted molar refractivity (Wildman–Crippen MR) is 49.3 cm³/mol. The van der Waals surface area contributed by atoms with E-state index in [2.05, 4.69) is 4.98 Å².